The van der Waals surface area contributed by atoms with E-state index in [-0.39, 0.29) is 5.78 Å². The van der Waals surface area contributed by atoms with Crippen LogP contribution in [0, 0.1) is 0 Å². The predicted molar refractivity (Wildman–Crippen MR) is 60.4 cm³/mol. The molecule has 0 aliphatic heterocycles. The third-order valence-corrected chi connectivity index (χ3v) is 1.86. The molecule has 4 nitrogen and oxygen atoms in total. The average molecular weight is 205 g/mol. The normalized spacial score (nSPS) is 9.87. The largest absolute Gasteiger partial charge is 0.384 e. The number of nitrogens with two attached hydrogens (primary N) is 1. The van der Waals surface area contributed by atoms with Gasteiger partial charge in [-0.2, -0.15) is 0 Å². The van der Waals surface area contributed by atoms with E-state index in [9.17, 15) is 4.79 Å². The molecule has 0 amide bonds. The minimum atomic E-state index is 0.127. The van der Waals surface area contributed by atoms with Gasteiger partial charge in [0.1, 0.15) is 5.82 Å². The van der Waals surface area contributed by atoms with Crippen molar-refractivity contribution in [3.63, 3.8) is 0 Å². The number of aromatic nitrogens is 1. The summed E-state index contributed by atoms with van der Waals surface area (Å²) in [6.07, 6.45) is 3.71. The van der Waals surface area contributed by atoms with Crippen LogP contribution >= 0.6 is 0 Å². The molecule has 0 saturated carbocycles. The quantitative estimate of drug-likeness (QED) is 0.525. The maximum absolute atomic E-state index is 11.4. The Bertz CT molecular complexity index is 349. The molecule has 0 aromatic carbocycles. The lowest BCUT2D eigenvalue weighted by Gasteiger charge is -2.02. The van der Waals surface area contributed by atoms with Gasteiger partial charge in [0, 0.05) is 19.2 Å². The number of carbonyl (C=O) groups is 1. The van der Waals surface area contributed by atoms with Gasteiger partial charge in [-0.1, -0.05) is 6.08 Å². The van der Waals surface area contributed by atoms with Crippen molar-refractivity contribution >= 4 is 11.6 Å². The van der Waals surface area contributed by atoms with Gasteiger partial charge < -0.3 is 11.1 Å². The molecule has 0 atom stereocenters. The number of carbonyl (C=O) groups excluding carboxylic acids is 1. The summed E-state index contributed by atoms with van der Waals surface area (Å²) < 4.78 is 0. The molecule has 4 heteroatoms. The van der Waals surface area contributed by atoms with Crippen molar-refractivity contribution in [1.82, 2.24) is 10.3 Å². The zero-order valence-corrected chi connectivity index (χ0v) is 8.57. The number of nitrogens with one attached hydrogen (secondary N) is 1. The Labute approximate surface area is 89.2 Å². The average Bonchev–Trinajstić information content (AvgIpc) is 2.18. The summed E-state index contributed by atoms with van der Waals surface area (Å²) >= 11 is 0. The van der Waals surface area contributed by atoms with Gasteiger partial charge in [0.15, 0.2) is 5.78 Å². The van der Waals surface area contributed by atoms with Crippen molar-refractivity contribution in [3.05, 3.63) is 36.5 Å². The molecule has 1 heterocycles. The number of ketones is 1. The third-order valence-electron chi connectivity index (χ3n) is 1.86. The fourth-order valence-corrected chi connectivity index (χ4v) is 1.21. The summed E-state index contributed by atoms with van der Waals surface area (Å²) in [4.78, 5) is 15.3. The number of pyridine rings is 1. The Hall–Kier alpha value is -1.68. The highest BCUT2D eigenvalue weighted by Crippen LogP contribution is 2.03. The van der Waals surface area contributed by atoms with Crippen molar-refractivity contribution in [2.45, 2.75) is 6.42 Å². The summed E-state index contributed by atoms with van der Waals surface area (Å²) in [5.41, 5.74) is 6.40. The monoisotopic (exact) mass is 205 g/mol. The molecule has 80 valence electrons. The zero-order chi connectivity index (χ0) is 11.1. The summed E-state index contributed by atoms with van der Waals surface area (Å²) in [5.74, 6) is 0.571. The van der Waals surface area contributed by atoms with Crippen LogP contribution in [0.15, 0.2) is 31.0 Å². The highest BCUT2D eigenvalue weighted by Gasteiger charge is 2.03. The van der Waals surface area contributed by atoms with Crippen molar-refractivity contribution < 1.29 is 4.79 Å². The van der Waals surface area contributed by atoms with E-state index in [1.165, 1.54) is 0 Å². The van der Waals surface area contributed by atoms with Gasteiger partial charge in [0.05, 0.1) is 6.54 Å². The van der Waals surface area contributed by atoms with Gasteiger partial charge in [0.25, 0.3) is 0 Å². The van der Waals surface area contributed by atoms with Gasteiger partial charge >= 0.3 is 0 Å². The first-order valence-electron chi connectivity index (χ1n) is 4.76. The summed E-state index contributed by atoms with van der Waals surface area (Å²) in [6, 6.07) is 3.51. The molecule has 0 aliphatic rings. The molecule has 0 saturated heterocycles. The fraction of sp³-hybridized carbons (Fsp3) is 0.273. The second-order valence-electron chi connectivity index (χ2n) is 3.22. The van der Waals surface area contributed by atoms with Gasteiger partial charge in [-0.3, -0.25) is 4.79 Å². The van der Waals surface area contributed by atoms with Crippen molar-refractivity contribution in [2.24, 2.45) is 0 Å². The molecule has 1 aromatic heterocycles. The fourth-order valence-electron chi connectivity index (χ4n) is 1.21. The molecule has 3 N–H and O–H groups in total. The van der Waals surface area contributed by atoms with Crippen molar-refractivity contribution in [1.29, 1.82) is 0 Å². The van der Waals surface area contributed by atoms with Crippen LogP contribution in [0.25, 0.3) is 0 Å². The lowest BCUT2D eigenvalue weighted by Crippen LogP contribution is -2.24. The minimum absolute atomic E-state index is 0.127. The van der Waals surface area contributed by atoms with E-state index in [1.54, 1.807) is 24.4 Å². The van der Waals surface area contributed by atoms with Crippen LogP contribution in [0.3, 0.4) is 0 Å². The summed E-state index contributed by atoms with van der Waals surface area (Å²) in [5, 5.41) is 2.96. The highest BCUT2D eigenvalue weighted by molar-refractivity contribution is 5.82. The Balaban J connectivity index is 2.40. The maximum Gasteiger partial charge on any atom is 0.150 e. The molecule has 0 spiro atoms. The Morgan fingerprint density at radius 2 is 2.47 bits per heavy atom. The zero-order valence-electron chi connectivity index (χ0n) is 8.57. The van der Waals surface area contributed by atoms with Crippen LogP contribution < -0.4 is 11.1 Å². The van der Waals surface area contributed by atoms with E-state index in [1.807, 2.05) is 0 Å². The molecular formula is C11H15N3O. The molecule has 0 aliphatic carbocycles. The van der Waals surface area contributed by atoms with E-state index in [2.05, 4.69) is 16.9 Å². The first-order chi connectivity index (χ1) is 7.22. The number of rotatable bonds is 6. The minimum Gasteiger partial charge on any atom is -0.384 e. The SMILES string of the molecule is C=CCNCC(=O)Cc1ccnc(N)c1. The number of anilines is 1. The van der Waals surface area contributed by atoms with Crippen LogP contribution in [-0.2, 0) is 11.2 Å². The van der Waals surface area contributed by atoms with Crippen molar-refractivity contribution in [2.75, 3.05) is 18.8 Å². The predicted octanol–water partition coefficient (Wildman–Crippen LogP) is 0.551. The smallest absolute Gasteiger partial charge is 0.150 e. The van der Waals surface area contributed by atoms with Crippen LogP contribution in [0.5, 0.6) is 0 Å². The van der Waals surface area contributed by atoms with E-state index >= 15 is 0 Å². The van der Waals surface area contributed by atoms with Crippen LogP contribution in [-0.4, -0.2) is 23.9 Å². The second kappa shape index (κ2) is 5.93. The third kappa shape index (κ3) is 4.37. The Kier molecular flexibility index (Phi) is 4.50. The van der Waals surface area contributed by atoms with E-state index < -0.39 is 0 Å². The van der Waals surface area contributed by atoms with Gasteiger partial charge in [-0.25, -0.2) is 4.98 Å². The van der Waals surface area contributed by atoms with E-state index in [0.29, 0.717) is 25.3 Å². The topological polar surface area (TPSA) is 68.0 Å². The van der Waals surface area contributed by atoms with Crippen LogP contribution in [0.1, 0.15) is 5.56 Å². The standard InChI is InChI=1S/C11H15N3O/c1-2-4-13-8-10(15)6-9-3-5-14-11(12)7-9/h2-3,5,7,13H,1,4,6,8H2,(H2,12,14). The highest BCUT2D eigenvalue weighted by atomic mass is 16.1. The first kappa shape index (κ1) is 11.4. The number of nitrogens with zero attached hydrogens (tertiary/aromatic N) is 1. The number of nitrogen functional groups attached to an aromatic ring is 1. The number of hydrogen-bond donors (Lipinski definition) is 2. The van der Waals surface area contributed by atoms with E-state index in [0.717, 1.165) is 5.56 Å². The number of hydrogen-bond acceptors (Lipinski definition) is 4. The Morgan fingerprint density at radius 3 is 3.13 bits per heavy atom. The molecule has 1 rings (SSSR count). The molecule has 1 aromatic rings. The molecular weight excluding hydrogens is 190 g/mol. The molecule has 0 bridgehead atoms. The lowest BCUT2D eigenvalue weighted by molar-refractivity contribution is -0.117. The van der Waals surface area contributed by atoms with Gasteiger partial charge in [-0.05, 0) is 17.7 Å². The van der Waals surface area contributed by atoms with Gasteiger partial charge in [0.2, 0.25) is 0 Å². The molecule has 15 heavy (non-hydrogen) atoms. The van der Waals surface area contributed by atoms with Gasteiger partial charge in [-0.15, -0.1) is 6.58 Å². The summed E-state index contributed by atoms with van der Waals surface area (Å²) in [6.45, 7) is 4.55. The lowest BCUT2D eigenvalue weighted by atomic mass is 10.1. The second-order valence-corrected chi connectivity index (χ2v) is 3.22. The number of Topliss-reactive ketones (excluding diaryl/α,β-unsaturated/α-hetero) is 1. The van der Waals surface area contributed by atoms with Crippen molar-refractivity contribution in [3.8, 4) is 0 Å². The molecule has 0 fully saturated rings. The maximum atomic E-state index is 11.4. The first-order valence-corrected chi connectivity index (χ1v) is 4.76. The summed E-state index contributed by atoms with van der Waals surface area (Å²) in [7, 11) is 0. The molecule has 0 unspecified atom stereocenters. The van der Waals surface area contributed by atoms with E-state index in [4.69, 9.17) is 5.73 Å². The Morgan fingerprint density at radius 1 is 1.67 bits per heavy atom. The molecule has 0 radical (unpaired) electrons. The van der Waals surface area contributed by atoms with Crippen LogP contribution in [0.4, 0.5) is 5.82 Å². The van der Waals surface area contributed by atoms with Crippen LogP contribution in [0.2, 0.25) is 0 Å².